The van der Waals surface area contributed by atoms with Crippen molar-refractivity contribution < 1.29 is 14.2 Å². The van der Waals surface area contributed by atoms with Gasteiger partial charge in [0.05, 0.1) is 19.3 Å². The van der Waals surface area contributed by atoms with E-state index in [4.69, 9.17) is 14.2 Å². The third-order valence-corrected chi connectivity index (χ3v) is 3.76. The van der Waals surface area contributed by atoms with Crippen LogP contribution in [-0.4, -0.2) is 65.2 Å². The van der Waals surface area contributed by atoms with Crippen molar-refractivity contribution in [2.24, 2.45) is 4.99 Å². The zero-order valence-electron chi connectivity index (χ0n) is 15.3. The molecule has 1 aliphatic rings. The highest BCUT2D eigenvalue weighted by Gasteiger charge is 2.14. The summed E-state index contributed by atoms with van der Waals surface area (Å²) in [4.78, 5) is 4.55. The summed E-state index contributed by atoms with van der Waals surface area (Å²) in [7, 11) is 1.68. The van der Waals surface area contributed by atoms with Gasteiger partial charge in [-0.2, -0.15) is 0 Å². The lowest BCUT2D eigenvalue weighted by atomic mass is 10.3. The molecule has 0 radical (unpaired) electrons. The molecule has 0 aromatic carbocycles. The maximum absolute atomic E-state index is 5.86. The van der Waals surface area contributed by atoms with Gasteiger partial charge in [-0.1, -0.05) is 12.8 Å². The number of aliphatic imine (C=N–C) groups is 1. The molecule has 0 aliphatic heterocycles. The van der Waals surface area contributed by atoms with Crippen molar-refractivity contribution in [3.8, 4) is 0 Å². The molecule has 0 atom stereocenters. The van der Waals surface area contributed by atoms with Gasteiger partial charge in [0.25, 0.3) is 0 Å². The molecular formula is C17H36IN3O3. The van der Waals surface area contributed by atoms with Crippen molar-refractivity contribution in [1.29, 1.82) is 0 Å². The number of guanidine groups is 1. The van der Waals surface area contributed by atoms with E-state index in [9.17, 15) is 0 Å². The molecule has 6 nitrogen and oxygen atoms in total. The van der Waals surface area contributed by atoms with Crippen LogP contribution in [0, 0.1) is 0 Å². The predicted octanol–water partition coefficient (Wildman–Crippen LogP) is 2.56. The van der Waals surface area contributed by atoms with E-state index >= 15 is 0 Å². The van der Waals surface area contributed by atoms with Gasteiger partial charge in [-0.15, -0.1) is 24.0 Å². The highest BCUT2D eigenvalue weighted by molar-refractivity contribution is 14.0. The molecule has 0 aromatic rings. The predicted molar refractivity (Wildman–Crippen MR) is 110 cm³/mol. The number of hydrogen-bond acceptors (Lipinski definition) is 4. The van der Waals surface area contributed by atoms with Crippen molar-refractivity contribution >= 4 is 29.9 Å². The Morgan fingerprint density at radius 3 is 2.54 bits per heavy atom. The van der Waals surface area contributed by atoms with E-state index in [-0.39, 0.29) is 24.0 Å². The van der Waals surface area contributed by atoms with Gasteiger partial charge in [-0.3, -0.25) is 4.99 Å². The maximum atomic E-state index is 5.86. The fraction of sp³-hybridized carbons (Fsp3) is 0.941. The Balaban J connectivity index is 0.00000529. The Morgan fingerprint density at radius 1 is 1.04 bits per heavy atom. The van der Waals surface area contributed by atoms with E-state index in [1.54, 1.807) is 7.11 Å². The van der Waals surface area contributed by atoms with Gasteiger partial charge >= 0.3 is 0 Å². The lowest BCUT2D eigenvalue weighted by molar-refractivity contribution is 0.0574. The van der Waals surface area contributed by atoms with E-state index in [1.807, 2.05) is 0 Å². The van der Waals surface area contributed by atoms with E-state index in [0.717, 1.165) is 51.6 Å². The average molecular weight is 457 g/mol. The topological polar surface area (TPSA) is 64.1 Å². The standard InChI is InChI=1S/C17H35N3O3.HI/c1-3-18-17(19-10-6-12-22-15-14-21-2)20-11-7-13-23-16-8-4-5-9-16;/h16H,3-15H2,1-2H3,(H2,18,19,20);1H. The first kappa shape index (κ1) is 23.9. The Hall–Kier alpha value is -0.120. The summed E-state index contributed by atoms with van der Waals surface area (Å²) in [5.41, 5.74) is 0. The molecule has 0 bridgehead atoms. The Bertz CT molecular complexity index is 301. The molecule has 144 valence electrons. The van der Waals surface area contributed by atoms with Crippen LogP contribution >= 0.6 is 24.0 Å². The summed E-state index contributed by atoms with van der Waals surface area (Å²) >= 11 is 0. The Morgan fingerprint density at radius 2 is 1.83 bits per heavy atom. The van der Waals surface area contributed by atoms with Gasteiger partial charge in [0.15, 0.2) is 5.96 Å². The molecule has 1 saturated carbocycles. The number of hydrogen-bond donors (Lipinski definition) is 2. The summed E-state index contributed by atoms with van der Waals surface area (Å²) < 4.78 is 16.2. The molecule has 1 fully saturated rings. The Kier molecular flexibility index (Phi) is 17.6. The molecule has 0 heterocycles. The lowest BCUT2D eigenvalue weighted by Gasteiger charge is -2.13. The molecule has 0 unspecified atom stereocenters. The van der Waals surface area contributed by atoms with Crippen LogP contribution in [0.15, 0.2) is 4.99 Å². The fourth-order valence-electron chi connectivity index (χ4n) is 2.53. The van der Waals surface area contributed by atoms with Crippen molar-refractivity contribution in [2.45, 2.75) is 51.6 Å². The normalized spacial score (nSPS) is 15.3. The van der Waals surface area contributed by atoms with E-state index in [0.29, 0.717) is 19.3 Å². The smallest absolute Gasteiger partial charge is 0.191 e. The second-order valence-corrected chi connectivity index (χ2v) is 5.78. The summed E-state index contributed by atoms with van der Waals surface area (Å²) in [5.74, 6) is 0.880. The van der Waals surface area contributed by atoms with E-state index < -0.39 is 0 Å². The van der Waals surface area contributed by atoms with Crippen LogP contribution in [0.4, 0.5) is 0 Å². The minimum absolute atomic E-state index is 0. The molecule has 1 aliphatic carbocycles. The minimum atomic E-state index is 0. The number of nitrogens with one attached hydrogen (secondary N) is 2. The van der Waals surface area contributed by atoms with Gasteiger partial charge < -0.3 is 24.8 Å². The average Bonchev–Trinajstić information content (AvgIpc) is 3.07. The number of ether oxygens (including phenoxy) is 3. The van der Waals surface area contributed by atoms with Crippen LogP contribution in [0.3, 0.4) is 0 Å². The zero-order valence-corrected chi connectivity index (χ0v) is 17.7. The van der Waals surface area contributed by atoms with Crippen molar-refractivity contribution in [2.75, 3.05) is 53.2 Å². The second-order valence-electron chi connectivity index (χ2n) is 5.78. The first-order valence-electron chi connectivity index (χ1n) is 9.07. The molecule has 24 heavy (non-hydrogen) atoms. The summed E-state index contributed by atoms with van der Waals surface area (Å²) in [6, 6.07) is 0. The SMILES string of the molecule is CCNC(=NCCCOCCOC)NCCCOC1CCCC1.I. The number of halogens is 1. The van der Waals surface area contributed by atoms with Crippen LogP contribution in [0.25, 0.3) is 0 Å². The van der Waals surface area contributed by atoms with Crippen molar-refractivity contribution in [3.05, 3.63) is 0 Å². The van der Waals surface area contributed by atoms with Crippen LogP contribution in [0.1, 0.15) is 45.4 Å². The molecule has 0 amide bonds. The molecule has 7 heteroatoms. The zero-order chi connectivity index (χ0) is 16.6. The third kappa shape index (κ3) is 13.2. The quantitative estimate of drug-likeness (QED) is 0.193. The van der Waals surface area contributed by atoms with Gasteiger partial charge in [-0.25, -0.2) is 0 Å². The van der Waals surface area contributed by atoms with Crippen LogP contribution in [0.2, 0.25) is 0 Å². The molecule has 0 aromatic heterocycles. The molecule has 0 saturated heterocycles. The first-order valence-corrected chi connectivity index (χ1v) is 9.07. The second kappa shape index (κ2) is 17.7. The van der Waals surface area contributed by atoms with Gasteiger partial charge in [0.2, 0.25) is 0 Å². The van der Waals surface area contributed by atoms with Crippen LogP contribution < -0.4 is 10.6 Å². The van der Waals surface area contributed by atoms with Crippen molar-refractivity contribution in [3.63, 3.8) is 0 Å². The summed E-state index contributed by atoms with van der Waals surface area (Å²) in [6.45, 7) is 7.47. The monoisotopic (exact) mass is 457 g/mol. The molecule has 2 N–H and O–H groups in total. The molecule has 0 spiro atoms. The third-order valence-electron chi connectivity index (χ3n) is 3.76. The first-order chi connectivity index (χ1) is 11.4. The number of methoxy groups -OCH3 is 1. The van der Waals surface area contributed by atoms with E-state index in [1.165, 1.54) is 25.7 Å². The summed E-state index contributed by atoms with van der Waals surface area (Å²) in [6.07, 6.45) is 7.58. The number of nitrogens with zero attached hydrogens (tertiary/aromatic N) is 1. The Labute approximate surface area is 164 Å². The van der Waals surface area contributed by atoms with Gasteiger partial charge in [-0.05, 0) is 32.6 Å². The molecular weight excluding hydrogens is 421 g/mol. The summed E-state index contributed by atoms with van der Waals surface area (Å²) in [5, 5.41) is 6.62. The fourth-order valence-corrected chi connectivity index (χ4v) is 2.53. The van der Waals surface area contributed by atoms with E-state index in [2.05, 4.69) is 22.5 Å². The minimum Gasteiger partial charge on any atom is -0.382 e. The van der Waals surface area contributed by atoms with Gasteiger partial charge in [0, 0.05) is 40.0 Å². The highest BCUT2D eigenvalue weighted by Crippen LogP contribution is 2.20. The molecule has 1 rings (SSSR count). The van der Waals surface area contributed by atoms with Gasteiger partial charge in [0.1, 0.15) is 0 Å². The van der Waals surface area contributed by atoms with Crippen LogP contribution in [0.5, 0.6) is 0 Å². The van der Waals surface area contributed by atoms with Crippen LogP contribution in [-0.2, 0) is 14.2 Å². The number of rotatable bonds is 13. The largest absolute Gasteiger partial charge is 0.382 e. The lowest BCUT2D eigenvalue weighted by Crippen LogP contribution is -2.38. The highest BCUT2D eigenvalue weighted by atomic mass is 127. The maximum Gasteiger partial charge on any atom is 0.191 e. The van der Waals surface area contributed by atoms with Crippen molar-refractivity contribution in [1.82, 2.24) is 10.6 Å².